The third-order valence-corrected chi connectivity index (χ3v) is 8.81. The van der Waals surface area contributed by atoms with Crippen molar-refractivity contribution >= 4 is 15.9 Å². The molecule has 2 heterocycles. The molecule has 1 aliphatic heterocycles. The first-order valence-electron chi connectivity index (χ1n) is 12.9. The Labute approximate surface area is 235 Å². The summed E-state index contributed by atoms with van der Waals surface area (Å²) in [6, 6.07) is 16.5. The summed E-state index contributed by atoms with van der Waals surface area (Å²) in [7, 11) is -0.740. The number of nitrogens with zero attached hydrogens (tertiary/aromatic N) is 3. The highest BCUT2D eigenvalue weighted by Gasteiger charge is 2.38. The van der Waals surface area contributed by atoms with Gasteiger partial charge in [-0.25, -0.2) is 8.42 Å². The number of fused-ring (bicyclic) bond motifs is 1. The normalized spacial score (nSPS) is 19.0. The number of rotatable bonds is 6. The van der Waals surface area contributed by atoms with Gasteiger partial charge in [-0.3, -0.25) is 9.78 Å². The van der Waals surface area contributed by atoms with Gasteiger partial charge in [0.2, 0.25) is 10.0 Å². The molecule has 1 N–H and O–H groups in total. The van der Waals surface area contributed by atoms with E-state index in [4.69, 9.17) is 9.47 Å². The zero-order valence-electron chi connectivity index (χ0n) is 22.9. The smallest absolute Gasteiger partial charge is 0.272 e. The van der Waals surface area contributed by atoms with E-state index in [1.807, 2.05) is 31.2 Å². The third kappa shape index (κ3) is 6.45. The molecule has 210 valence electrons. The summed E-state index contributed by atoms with van der Waals surface area (Å²) < 4.78 is 40.3. The molecule has 9 nitrogen and oxygen atoms in total. The Morgan fingerprint density at radius 3 is 2.52 bits per heavy atom. The van der Waals surface area contributed by atoms with Crippen LogP contribution >= 0.6 is 0 Å². The van der Waals surface area contributed by atoms with Crippen LogP contribution in [0, 0.1) is 17.8 Å². The maximum Gasteiger partial charge on any atom is 0.272 e. The number of hydrogen-bond donors (Lipinski definition) is 1. The van der Waals surface area contributed by atoms with Crippen molar-refractivity contribution in [1.29, 1.82) is 0 Å². The van der Waals surface area contributed by atoms with Gasteiger partial charge in [-0.15, -0.1) is 0 Å². The molecule has 0 saturated heterocycles. The molecule has 0 saturated carbocycles. The van der Waals surface area contributed by atoms with Crippen LogP contribution in [0.2, 0.25) is 0 Å². The molecule has 3 atom stereocenters. The number of pyridine rings is 1. The predicted molar refractivity (Wildman–Crippen MR) is 151 cm³/mol. The SMILES string of the molecule is COc1ccc(C#Cc2ccc3c(c2)O[C@H](CN(C)C(=O)c2ccccn2)[C@@H](C)CN([C@H](C)CO)S3(=O)=O)cc1. The first-order chi connectivity index (χ1) is 19.1. The maximum atomic E-state index is 13.7. The van der Waals surface area contributed by atoms with Crippen LogP contribution in [0.3, 0.4) is 0 Å². The van der Waals surface area contributed by atoms with Gasteiger partial charge in [-0.05, 0) is 61.5 Å². The number of methoxy groups -OCH3 is 1. The highest BCUT2D eigenvalue weighted by atomic mass is 32.2. The Hall–Kier alpha value is -3.91. The maximum absolute atomic E-state index is 13.7. The lowest BCUT2D eigenvalue weighted by molar-refractivity contribution is 0.0559. The zero-order valence-corrected chi connectivity index (χ0v) is 23.8. The molecule has 3 aromatic rings. The van der Waals surface area contributed by atoms with Crippen molar-refractivity contribution in [2.45, 2.75) is 30.9 Å². The predicted octanol–water partition coefficient (Wildman–Crippen LogP) is 3.03. The molecule has 1 amide bonds. The standard InChI is InChI=1S/C30H33N3O6S/c1-21-18-33(22(2)20-34)40(36,37)29-15-12-24(9-8-23-10-13-25(38-4)14-11-23)17-27(29)39-28(21)19-32(3)30(35)26-7-5-6-16-31-26/h5-7,10-17,21-22,28,34H,18-20H2,1-4H3/t21-,22+,28+/m0/s1. The molecule has 10 heteroatoms. The number of amides is 1. The quantitative estimate of drug-likeness (QED) is 0.459. The van der Waals surface area contributed by atoms with Crippen LogP contribution < -0.4 is 9.47 Å². The Morgan fingerprint density at radius 1 is 1.18 bits per heavy atom. The van der Waals surface area contributed by atoms with Crippen LogP contribution in [0.5, 0.6) is 11.5 Å². The lowest BCUT2D eigenvalue weighted by Gasteiger charge is -2.37. The van der Waals surface area contributed by atoms with E-state index >= 15 is 0 Å². The van der Waals surface area contributed by atoms with Gasteiger partial charge in [0.1, 0.15) is 28.2 Å². The number of benzene rings is 2. The molecule has 40 heavy (non-hydrogen) atoms. The summed E-state index contributed by atoms with van der Waals surface area (Å²) in [5.74, 6) is 6.43. The Morgan fingerprint density at radius 2 is 1.88 bits per heavy atom. The van der Waals surface area contributed by atoms with Crippen molar-refractivity contribution in [2.24, 2.45) is 5.92 Å². The second-order valence-electron chi connectivity index (χ2n) is 9.78. The second kappa shape index (κ2) is 12.5. The van der Waals surface area contributed by atoms with Gasteiger partial charge in [-0.2, -0.15) is 4.31 Å². The molecule has 1 aliphatic rings. The van der Waals surface area contributed by atoms with E-state index in [9.17, 15) is 18.3 Å². The van der Waals surface area contributed by atoms with Crippen molar-refractivity contribution in [3.63, 3.8) is 0 Å². The fraction of sp³-hybridized carbons (Fsp3) is 0.333. The molecular weight excluding hydrogens is 530 g/mol. The van der Waals surface area contributed by atoms with Gasteiger partial charge < -0.3 is 19.5 Å². The monoisotopic (exact) mass is 563 g/mol. The third-order valence-electron chi connectivity index (χ3n) is 6.79. The largest absolute Gasteiger partial charge is 0.497 e. The number of carbonyl (C=O) groups excluding carboxylic acids is 1. The van der Waals surface area contributed by atoms with Crippen LogP contribution in [-0.2, 0) is 10.0 Å². The summed E-state index contributed by atoms with van der Waals surface area (Å²) in [5.41, 5.74) is 1.64. The van der Waals surface area contributed by atoms with Gasteiger partial charge in [0.15, 0.2) is 0 Å². The van der Waals surface area contributed by atoms with Gasteiger partial charge in [0.25, 0.3) is 5.91 Å². The first-order valence-corrected chi connectivity index (χ1v) is 14.3. The van der Waals surface area contributed by atoms with Crippen molar-refractivity contribution < 1.29 is 27.8 Å². The lowest BCUT2D eigenvalue weighted by atomic mass is 10.0. The fourth-order valence-corrected chi connectivity index (χ4v) is 6.20. The highest BCUT2D eigenvalue weighted by molar-refractivity contribution is 7.89. The summed E-state index contributed by atoms with van der Waals surface area (Å²) in [4.78, 5) is 18.7. The first kappa shape index (κ1) is 29.1. The van der Waals surface area contributed by atoms with Crippen LogP contribution in [0.4, 0.5) is 0 Å². The van der Waals surface area contributed by atoms with Crippen molar-refractivity contribution in [3.8, 4) is 23.3 Å². The van der Waals surface area contributed by atoms with Crippen LogP contribution in [0.1, 0.15) is 35.5 Å². The second-order valence-corrected chi connectivity index (χ2v) is 11.6. The van der Waals surface area contributed by atoms with Gasteiger partial charge >= 0.3 is 0 Å². The van der Waals surface area contributed by atoms with Crippen LogP contribution in [-0.4, -0.2) is 79.6 Å². The number of ether oxygens (including phenoxy) is 2. The fourth-order valence-electron chi connectivity index (χ4n) is 4.38. The molecule has 1 aromatic heterocycles. The summed E-state index contributed by atoms with van der Waals surface area (Å²) in [6.07, 6.45) is 1.00. The highest BCUT2D eigenvalue weighted by Crippen LogP contribution is 2.34. The van der Waals surface area contributed by atoms with E-state index in [-0.39, 0.29) is 42.2 Å². The molecular formula is C30H33N3O6S. The van der Waals surface area contributed by atoms with E-state index in [0.717, 1.165) is 11.3 Å². The number of aliphatic hydroxyl groups is 1. The summed E-state index contributed by atoms with van der Waals surface area (Å²) in [5, 5.41) is 9.86. The number of aliphatic hydroxyl groups excluding tert-OH is 1. The van der Waals surface area contributed by atoms with E-state index in [0.29, 0.717) is 11.3 Å². The molecule has 2 aromatic carbocycles. The Balaban J connectivity index is 1.70. The van der Waals surface area contributed by atoms with E-state index in [1.54, 1.807) is 57.6 Å². The van der Waals surface area contributed by atoms with Gasteiger partial charge in [0.05, 0.1) is 20.3 Å². The number of aromatic nitrogens is 1. The number of carbonyl (C=O) groups is 1. The topological polar surface area (TPSA) is 109 Å². The molecule has 0 fully saturated rings. The van der Waals surface area contributed by atoms with Crippen LogP contribution in [0.25, 0.3) is 0 Å². The van der Waals surface area contributed by atoms with E-state index in [1.165, 1.54) is 15.3 Å². The van der Waals surface area contributed by atoms with Crippen molar-refractivity contribution in [1.82, 2.24) is 14.2 Å². The number of hydrogen-bond acceptors (Lipinski definition) is 7. The Kier molecular flexibility index (Phi) is 9.10. The molecule has 0 aliphatic carbocycles. The molecule has 0 bridgehead atoms. The van der Waals surface area contributed by atoms with Crippen molar-refractivity contribution in [3.05, 3.63) is 83.7 Å². The number of sulfonamides is 1. The Bertz CT molecular complexity index is 1500. The minimum absolute atomic E-state index is 0.0154. The van der Waals surface area contributed by atoms with Gasteiger partial charge in [0, 0.05) is 42.9 Å². The number of likely N-dealkylation sites (N-methyl/N-ethyl adjacent to an activating group) is 1. The molecule has 0 unspecified atom stereocenters. The van der Waals surface area contributed by atoms with Crippen LogP contribution in [0.15, 0.2) is 71.8 Å². The minimum atomic E-state index is -3.99. The van der Waals surface area contributed by atoms with E-state index in [2.05, 4.69) is 16.8 Å². The van der Waals surface area contributed by atoms with Crippen molar-refractivity contribution in [2.75, 3.05) is 33.9 Å². The average Bonchev–Trinajstić information content (AvgIpc) is 2.97. The average molecular weight is 564 g/mol. The lowest BCUT2D eigenvalue weighted by Crippen LogP contribution is -2.50. The van der Waals surface area contributed by atoms with Gasteiger partial charge in [-0.1, -0.05) is 24.8 Å². The summed E-state index contributed by atoms with van der Waals surface area (Å²) in [6.45, 7) is 3.50. The molecule has 4 rings (SSSR count). The minimum Gasteiger partial charge on any atom is -0.497 e. The molecule has 0 spiro atoms. The van der Waals surface area contributed by atoms with E-state index < -0.39 is 22.2 Å². The summed E-state index contributed by atoms with van der Waals surface area (Å²) >= 11 is 0. The molecule has 0 radical (unpaired) electrons. The zero-order chi connectivity index (χ0) is 28.9.